The summed E-state index contributed by atoms with van der Waals surface area (Å²) in [6.45, 7) is 2.18. The maximum Gasteiger partial charge on any atom is 0.157 e. The van der Waals surface area contributed by atoms with Crippen molar-refractivity contribution in [1.82, 2.24) is 0 Å². The quantitative estimate of drug-likeness (QED) is 0.777. The van der Waals surface area contributed by atoms with E-state index in [1.54, 1.807) is 12.1 Å². The Morgan fingerprint density at radius 2 is 1.63 bits per heavy atom. The van der Waals surface area contributed by atoms with Crippen LogP contribution >= 0.6 is 0 Å². The molecular formula is C17H20O2. The third-order valence-corrected chi connectivity index (χ3v) is 3.45. The van der Waals surface area contributed by atoms with Crippen molar-refractivity contribution < 1.29 is 10.2 Å². The fraction of sp³-hybridized carbons (Fsp3) is 0.294. The lowest BCUT2D eigenvalue weighted by Gasteiger charge is -2.18. The molecule has 0 saturated heterocycles. The fourth-order valence-electron chi connectivity index (χ4n) is 2.38. The molecule has 19 heavy (non-hydrogen) atoms. The average molecular weight is 256 g/mol. The van der Waals surface area contributed by atoms with E-state index < -0.39 is 0 Å². The number of phenols is 2. The summed E-state index contributed by atoms with van der Waals surface area (Å²) in [5.74, 6) is 0.161. The summed E-state index contributed by atoms with van der Waals surface area (Å²) >= 11 is 0. The SMILES string of the molecule is CCCC[C@H](c1ccccc1)c1ccc(O)c(O)c1. The summed E-state index contributed by atoms with van der Waals surface area (Å²) < 4.78 is 0. The highest BCUT2D eigenvalue weighted by Gasteiger charge is 2.15. The molecule has 2 N–H and O–H groups in total. The Morgan fingerprint density at radius 1 is 0.895 bits per heavy atom. The summed E-state index contributed by atoms with van der Waals surface area (Å²) in [6.07, 6.45) is 3.33. The molecule has 0 aliphatic rings. The van der Waals surface area contributed by atoms with Crippen molar-refractivity contribution in [2.45, 2.75) is 32.1 Å². The third kappa shape index (κ3) is 3.28. The van der Waals surface area contributed by atoms with Crippen molar-refractivity contribution in [3.8, 4) is 11.5 Å². The van der Waals surface area contributed by atoms with Crippen LogP contribution in [0.3, 0.4) is 0 Å². The topological polar surface area (TPSA) is 40.5 Å². The second-order valence-corrected chi connectivity index (χ2v) is 4.85. The molecule has 2 aromatic rings. The molecule has 0 aliphatic carbocycles. The molecule has 0 aromatic heterocycles. The van der Waals surface area contributed by atoms with Crippen molar-refractivity contribution in [2.24, 2.45) is 0 Å². The molecule has 0 saturated carbocycles. The second kappa shape index (κ2) is 6.28. The molecule has 0 spiro atoms. The van der Waals surface area contributed by atoms with Crippen LogP contribution in [-0.2, 0) is 0 Å². The van der Waals surface area contributed by atoms with Crippen LogP contribution in [0, 0.1) is 0 Å². The average Bonchev–Trinajstić information content (AvgIpc) is 2.44. The number of hydrogen-bond acceptors (Lipinski definition) is 2. The molecule has 0 aliphatic heterocycles. The molecule has 0 fully saturated rings. The third-order valence-electron chi connectivity index (χ3n) is 3.45. The molecule has 2 rings (SSSR count). The van der Waals surface area contributed by atoms with Gasteiger partial charge in [0.05, 0.1) is 0 Å². The van der Waals surface area contributed by atoms with Crippen LogP contribution in [0.4, 0.5) is 0 Å². The highest BCUT2D eigenvalue weighted by atomic mass is 16.3. The number of phenolic OH excluding ortho intramolecular Hbond substituents is 2. The van der Waals surface area contributed by atoms with E-state index in [4.69, 9.17) is 0 Å². The highest BCUT2D eigenvalue weighted by molar-refractivity contribution is 5.44. The lowest BCUT2D eigenvalue weighted by molar-refractivity contribution is 0.402. The van der Waals surface area contributed by atoms with E-state index in [9.17, 15) is 10.2 Å². The van der Waals surface area contributed by atoms with E-state index in [-0.39, 0.29) is 17.4 Å². The molecule has 0 bridgehead atoms. The van der Waals surface area contributed by atoms with Gasteiger partial charge in [-0.05, 0) is 29.7 Å². The number of hydrogen-bond donors (Lipinski definition) is 2. The van der Waals surface area contributed by atoms with Gasteiger partial charge in [-0.1, -0.05) is 56.2 Å². The van der Waals surface area contributed by atoms with Crippen LogP contribution in [-0.4, -0.2) is 10.2 Å². The first-order chi connectivity index (χ1) is 9.22. The van der Waals surface area contributed by atoms with Gasteiger partial charge in [-0.2, -0.15) is 0 Å². The van der Waals surface area contributed by atoms with Gasteiger partial charge in [-0.15, -0.1) is 0 Å². The molecule has 0 heterocycles. The van der Waals surface area contributed by atoms with E-state index in [1.165, 1.54) is 5.56 Å². The van der Waals surface area contributed by atoms with Crippen LogP contribution < -0.4 is 0 Å². The Morgan fingerprint density at radius 3 is 2.26 bits per heavy atom. The molecule has 2 aromatic carbocycles. The predicted molar refractivity (Wildman–Crippen MR) is 77.6 cm³/mol. The van der Waals surface area contributed by atoms with Crippen LogP contribution in [0.2, 0.25) is 0 Å². The van der Waals surface area contributed by atoms with Gasteiger partial charge >= 0.3 is 0 Å². The summed E-state index contributed by atoms with van der Waals surface area (Å²) in [6, 6.07) is 15.4. The molecule has 1 atom stereocenters. The summed E-state index contributed by atoms with van der Waals surface area (Å²) in [5.41, 5.74) is 2.30. The minimum atomic E-state index is -0.0638. The summed E-state index contributed by atoms with van der Waals surface area (Å²) in [7, 11) is 0. The lowest BCUT2D eigenvalue weighted by Crippen LogP contribution is -2.01. The van der Waals surface area contributed by atoms with Gasteiger partial charge in [0.2, 0.25) is 0 Å². The van der Waals surface area contributed by atoms with Crippen LogP contribution in [0.1, 0.15) is 43.2 Å². The summed E-state index contributed by atoms with van der Waals surface area (Å²) in [4.78, 5) is 0. The first-order valence-electron chi connectivity index (χ1n) is 6.79. The molecule has 0 radical (unpaired) electrons. The molecule has 2 nitrogen and oxygen atoms in total. The van der Waals surface area contributed by atoms with Crippen molar-refractivity contribution >= 4 is 0 Å². The highest BCUT2D eigenvalue weighted by Crippen LogP contribution is 2.34. The maximum absolute atomic E-state index is 9.67. The largest absolute Gasteiger partial charge is 0.504 e. The van der Waals surface area contributed by atoms with Crippen molar-refractivity contribution in [1.29, 1.82) is 0 Å². The second-order valence-electron chi connectivity index (χ2n) is 4.85. The van der Waals surface area contributed by atoms with Gasteiger partial charge in [0, 0.05) is 5.92 Å². The van der Waals surface area contributed by atoms with Crippen molar-refractivity contribution in [2.75, 3.05) is 0 Å². The lowest BCUT2D eigenvalue weighted by atomic mass is 9.87. The van der Waals surface area contributed by atoms with Gasteiger partial charge < -0.3 is 10.2 Å². The Balaban J connectivity index is 2.34. The van der Waals surface area contributed by atoms with Crippen molar-refractivity contribution in [3.05, 3.63) is 59.7 Å². The Labute approximate surface area is 114 Å². The molecule has 0 amide bonds. The fourth-order valence-corrected chi connectivity index (χ4v) is 2.38. The van der Waals surface area contributed by atoms with Gasteiger partial charge in [0.15, 0.2) is 11.5 Å². The molecule has 0 unspecified atom stereocenters. The number of unbranched alkanes of at least 4 members (excludes halogenated alkanes) is 1. The first-order valence-corrected chi connectivity index (χ1v) is 6.79. The smallest absolute Gasteiger partial charge is 0.157 e. The van der Waals surface area contributed by atoms with Crippen LogP contribution in [0.25, 0.3) is 0 Å². The minimum absolute atomic E-state index is 0.0464. The molecular weight excluding hydrogens is 236 g/mol. The number of aromatic hydroxyl groups is 2. The molecule has 2 heteroatoms. The van der Waals surface area contributed by atoms with Gasteiger partial charge in [-0.3, -0.25) is 0 Å². The van der Waals surface area contributed by atoms with E-state index in [2.05, 4.69) is 19.1 Å². The van der Waals surface area contributed by atoms with Gasteiger partial charge in [-0.25, -0.2) is 0 Å². The monoisotopic (exact) mass is 256 g/mol. The van der Waals surface area contributed by atoms with Crippen LogP contribution in [0.15, 0.2) is 48.5 Å². The molecule has 100 valence electrons. The van der Waals surface area contributed by atoms with Crippen LogP contribution in [0.5, 0.6) is 11.5 Å². The minimum Gasteiger partial charge on any atom is -0.504 e. The Kier molecular flexibility index (Phi) is 4.45. The standard InChI is InChI=1S/C17H20O2/c1-2-3-9-15(13-7-5-4-6-8-13)14-10-11-16(18)17(19)12-14/h4-8,10-12,15,18-19H,2-3,9H2,1H3/t15-/m1/s1. The zero-order valence-corrected chi connectivity index (χ0v) is 11.2. The van der Waals surface area contributed by atoms with E-state index in [1.807, 2.05) is 24.3 Å². The normalized spacial score (nSPS) is 12.3. The number of benzene rings is 2. The van der Waals surface area contributed by atoms with E-state index in [0.717, 1.165) is 24.8 Å². The van der Waals surface area contributed by atoms with Gasteiger partial charge in [0.25, 0.3) is 0 Å². The van der Waals surface area contributed by atoms with Gasteiger partial charge in [0.1, 0.15) is 0 Å². The zero-order chi connectivity index (χ0) is 13.7. The first kappa shape index (κ1) is 13.5. The Hall–Kier alpha value is -1.96. The van der Waals surface area contributed by atoms with Crippen molar-refractivity contribution in [3.63, 3.8) is 0 Å². The van der Waals surface area contributed by atoms with E-state index in [0.29, 0.717) is 0 Å². The predicted octanol–water partition coefficient (Wildman–Crippen LogP) is 4.42. The Bertz CT molecular complexity index is 520. The van der Waals surface area contributed by atoms with E-state index >= 15 is 0 Å². The summed E-state index contributed by atoms with van der Waals surface area (Å²) in [5, 5.41) is 19.1. The zero-order valence-electron chi connectivity index (χ0n) is 11.2. The maximum atomic E-state index is 9.67. The number of rotatable bonds is 5.